The number of benzene rings is 1. The Bertz CT molecular complexity index is 971. The summed E-state index contributed by atoms with van der Waals surface area (Å²) in [5.41, 5.74) is 2.61. The molecule has 8 heteroatoms. The van der Waals surface area contributed by atoms with E-state index in [1.807, 2.05) is 22.6 Å². The largest absolute Gasteiger partial charge is 0.385 e. The molecule has 200 valence electrons. The van der Waals surface area contributed by atoms with E-state index < -0.39 is 0 Å². The van der Waals surface area contributed by atoms with E-state index in [0.29, 0.717) is 25.4 Å². The lowest BCUT2D eigenvalue weighted by Gasteiger charge is -2.35. The van der Waals surface area contributed by atoms with Gasteiger partial charge in [-0.15, -0.1) is 0 Å². The van der Waals surface area contributed by atoms with Crippen LogP contribution in [0.25, 0.3) is 5.69 Å². The summed E-state index contributed by atoms with van der Waals surface area (Å²) in [7, 11) is 3.83. The smallest absolute Gasteiger partial charge is 0.225 e. The Kier molecular flexibility index (Phi) is 10.7. The first-order valence-electron chi connectivity index (χ1n) is 13.4. The molecule has 1 atom stereocenters. The molecule has 3 rings (SSSR count). The first kappa shape index (κ1) is 28.1. The fourth-order valence-corrected chi connectivity index (χ4v) is 4.93. The number of aromatic nitrogens is 2. The minimum Gasteiger partial charge on any atom is -0.385 e. The molecule has 0 bridgehead atoms. The number of halogens is 1. The Morgan fingerprint density at radius 2 is 1.94 bits per heavy atom. The SMILES string of the molecule is CCCC[C@H](CC)C(=O)N(CCCOC)Cc1c(C)nn(-c2cccc(F)c2)c1N1CCN(C)CC1. The van der Waals surface area contributed by atoms with Crippen LogP contribution in [0.15, 0.2) is 24.3 Å². The van der Waals surface area contributed by atoms with Gasteiger partial charge in [-0.1, -0.05) is 32.8 Å². The van der Waals surface area contributed by atoms with Crippen molar-refractivity contribution in [2.45, 2.75) is 59.4 Å². The van der Waals surface area contributed by atoms with Crippen LogP contribution in [0.4, 0.5) is 10.2 Å². The summed E-state index contributed by atoms with van der Waals surface area (Å²) in [6, 6.07) is 6.58. The molecule has 1 aromatic heterocycles. The lowest BCUT2D eigenvalue weighted by molar-refractivity contribution is -0.136. The summed E-state index contributed by atoms with van der Waals surface area (Å²) in [5.74, 6) is 0.921. The van der Waals surface area contributed by atoms with Crippen molar-refractivity contribution in [3.63, 3.8) is 0 Å². The third-order valence-corrected chi connectivity index (χ3v) is 7.20. The lowest BCUT2D eigenvalue weighted by atomic mass is 9.97. The normalized spacial score (nSPS) is 15.3. The fraction of sp³-hybridized carbons (Fsp3) is 0.643. The predicted octanol–water partition coefficient (Wildman–Crippen LogP) is 4.65. The summed E-state index contributed by atoms with van der Waals surface area (Å²) in [5, 5.41) is 4.87. The van der Waals surface area contributed by atoms with Crippen LogP contribution in [-0.2, 0) is 16.1 Å². The average Bonchev–Trinajstić information content (AvgIpc) is 3.20. The number of aryl methyl sites for hydroxylation is 1. The topological polar surface area (TPSA) is 53.8 Å². The number of amides is 1. The van der Waals surface area contributed by atoms with Crippen molar-refractivity contribution >= 4 is 11.7 Å². The molecule has 0 spiro atoms. The highest BCUT2D eigenvalue weighted by Crippen LogP contribution is 2.31. The molecule has 0 aliphatic carbocycles. The Morgan fingerprint density at radius 3 is 2.58 bits per heavy atom. The van der Waals surface area contributed by atoms with Gasteiger partial charge in [-0.2, -0.15) is 5.10 Å². The van der Waals surface area contributed by atoms with E-state index in [4.69, 9.17) is 9.84 Å². The quantitative estimate of drug-likeness (QED) is 0.374. The number of hydrogen-bond donors (Lipinski definition) is 0. The van der Waals surface area contributed by atoms with Crippen molar-refractivity contribution in [1.82, 2.24) is 19.6 Å². The summed E-state index contributed by atoms with van der Waals surface area (Å²) < 4.78 is 21.3. The van der Waals surface area contributed by atoms with Crippen molar-refractivity contribution in [1.29, 1.82) is 0 Å². The fourth-order valence-electron chi connectivity index (χ4n) is 4.93. The molecule has 2 aromatic rings. The molecule has 1 amide bonds. The zero-order chi connectivity index (χ0) is 26.1. The standard InChI is InChI=1S/C28H44FN5O2/c1-6-8-11-23(7-2)28(35)33(14-10-19-36-5)21-26-22(3)30-34(25-13-9-12-24(29)20-25)27(26)32-17-15-31(4)16-18-32/h9,12-13,20,23H,6-8,10-11,14-19,21H2,1-5H3/t23-/m0/s1. The summed E-state index contributed by atoms with van der Waals surface area (Å²) in [6.07, 6.45) is 4.68. The van der Waals surface area contributed by atoms with Gasteiger partial charge in [-0.3, -0.25) is 4.79 Å². The zero-order valence-corrected chi connectivity index (χ0v) is 22.8. The molecule has 36 heavy (non-hydrogen) atoms. The lowest BCUT2D eigenvalue weighted by Crippen LogP contribution is -2.46. The van der Waals surface area contributed by atoms with E-state index >= 15 is 0 Å². The van der Waals surface area contributed by atoms with Crippen LogP contribution < -0.4 is 4.90 Å². The molecule has 1 aliphatic rings. The highest BCUT2D eigenvalue weighted by atomic mass is 19.1. The van der Waals surface area contributed by atoms with Gasteiger partial charge in [0, 0.05) is 57.9 Å². The molecular formula is C28H44FN5O2. The number of hydrogen-bond acceptors (Lipinski definition) is 5. The predicted molar refractivity (Wildman–Crippen MR) is 143 cm³/mol. The maximum Gasteiger partial charge on any atom is 0.225 e. The van der Waals surface area contributed by atoms with E-state index in [1.165, 1.54) is 12.1 Å². The van der Waals surface area contributed by atoms with Crippen LogP contribution in [0.5, 0.6) is 0 Å². The number of piperazine rings is 1. The van der Waals surface area contributed by atoms with E-state index in [2.05, 4.69) is 30.7 Å². The average molecular weight is 502 g/mol. The minimum atomic E-state index is -0.287. The first-order chi connectivity index (χ1) is 17.4. The van der Waals surface area contributed by atoms with Gasteiger partial charge < -0.3 is 19.4 Å². The van der Waals surface area contributed by atoms with Gasteiger partial charge in [-0.25, -0.2) is 9.07 Å². The third-order valence-electron chi connectivity index (χ3n) is 7.20. The molecule has 1 aromatic carbocycles. The van der Waals surface area contributed by atoms with Crippen molar-refractivity contribution in [3.05, 3.63) is 41.3 Å². The number of rotatable bonds is 13. The zero-order valence-electron chi connectivity index (χ0n) is 22.8. The molecule has 1 saturated heterocycles. The molecule has 7 nitrogen and oxygen atoms in total. The number of carbonyl (C=O) groups excluding carboxylic acids is 1. The first-order valence-corrected chi connectivity index (χ1v) is 13.4. The van der Waals surface area contributed by atoms with Crippen molar-refractivity contribution in [3.8, 4) is 5.69 Å². The number of anilines is 1. The molecule has 1 fully saturated rings. The maximum atomic E-state index is 14.2. The van der Waals surface area contributed by atoms with Gasteiger partial charge in [0.1, 0.15) is 11.6 Å². The number of likely N-dealkylation sites (N-methyl/N-ethyl adjacent to an activating group) is 1. The number of ether oxygens (including phenoxy) is 1. The monoisotopic (exact) mass is 501 g/mol. The van der Waals surface area contributed by atoms with E-state index in [1.54, 1.807) is 13.2 Å². The third kappa shape index (κ3) is 7.07. The van der Waals surface area contributed by atoms with Gasteiger partial charge in [0.25, 0.3) is 0 Å². The molecule has 0 N–H and O–H groups in total. The number of unbranched alkanes of at least 4 members (excludes halogenated alkanes) is 1. The van der Waals surface area contributed by atoms with Gasteiger partial charge in [-0.05, 0) is 51.4 Å². The number of methoxy groups -OCH3 is 1. The molecule has 0 radical (unpaired) electrons. The highest BCUT2D eigenvalue weighted by molar-refractivity contribution is 5.79. The minimum absolute atomic E-state index is 0.0261. The van der Waals surface area contributed by atoms with E-state index in [0.717, 1.165) is 75.4 Å². The van der Waals surface area contributed by atoms with Crippen LogP contribution in [0.1, 0.15) is 57.2 Å². The summed E-state index contributed by atoms with van der Waals surface area (Å²) in [6.45, 7) is 11.6. The van der Waals surface area contributed by atoms with Crippen LogP contribution >= 0.6 is 0 Å². The van der Waals surface area contributed by atoms with Crippen molar-refractivity contribution in [2.75, 3.05) is 58.4 Å². The summed E-state index contributed by atoms with van der Waals surface area (Å²) >= 11 is 0. The highest BCUT2D eigenvalue weighted by Gasteiger charge is 2.29. The van der Waals surface area contributed by atoms with E-state index in [9.17, 15) is 9.18 Å². The van der Waals surface area contributed by atoms with Crippen LogP contribution in [-0.4, -0.2) is 79.0 Å². The van der Waals surface area contributed by atoms with Gasteiger partial charge in [0.15, 0.2) is 0 Å². The Hall–Kier alpha value is -2.45. The number of carbonyl (C=O) groups is 1. The molecule has 0 unspecified atom stereocenters. The van der Waals surface area contributed by atoms with Crippen LogP contribution in [0, 0.1) is 18.7 Å². The van der Waals surface area contributed by atoms with Crippen LogP contribution in [0.3, 0.4) is 0 Å². The maximum absolute atomic E-state index is 14.2. The molecule has 0 saturated carbocycles. The van der Waals surface area contributed by atoms with Crippen molar-refractivity contribution in [2.24, 2.45) is 5.92 Å². The second-order valence-electron chi connectivity index (χ2n) is 9.92. The summed E-state index contributed by atoms with van der Waals surface area (Å²) in [4.78, 5) is 20.4. The Morgan fingerprint density at radius 1 is 1.19 bits per heavy atom. The van der Waals surface area contributed by atoms with E-state index in [-0.39, 0.29) is 17.6 Å². The molecule has 2 heterocycles. The second-order valence-corrected chi connectivity index (χ2v) is 9.92. The van der Waals surface area contributed by atoms with Crippen molar-refractivity contribution < 1.29 is 13.9 Å². The van der Waals surface area contributed by atoms with Gasteiger partial charge in [0.05, 0.1) is 17.9 Å². The van der Waals surface area contributed by atoms with Crippen LogP contribution in [0.2, 0.25) is 0 Å². The molecular weight excluding hydrogens is 457 g/mol. The Labute approximate surface area is 216 Å². The Balaban J connectivity index is 2.00. The second kappa shape index (κ2) is 13.7. The van der Waals surface area contributed by atoms with Gasteiger partial charge >= 0.3 is 0 Å². The number of nitrogens with zero attached hydrogens (tertiary/aromatic N) is 5. The molecule has 1 aliphatic heterocycles. The van der Waals surface area contributed by atoms with Gasteiger partial charge in [0.2, 0.25) is 5.91 Å².